The normalized spacial score (nSPS) is 10.8. The lowest BCUT2D eigenvalue weighted by Crippen LogP contribution is -2.00. The van der Waals surface area contributed by atoms with Crippen LogP contribution in [0.1, 0.15) is 0 Å². The minimum absolute atomic E-state index is 0.642. The van der Waals surface area contributed by atoms with Crippen molar-refractivity contribution in [2.24, 2.45) is 0 Å². The lowest BCUT2D eigenvalue weighted by molar-refractivity contribution is 1.07. The van der Waals surface area contributed by atoms with E-state index >= 15 is 0 Å². The van der Waals surface area contributed by atoms with E-state index in [9.17, 15) is 0 Å². The molecule has 0 N–H and O–H groups in total. The first-order valence-corrected chi connectivity index (χ1v) is 20.4. The Bertz CT molecular complexity index is 3020. The molecular weight excluding hydrogens is 735 g/mol. The van der Waals surface area contributed by atoms with Crippen molar-refractivity contribution in [1.29, 1.82) is 0 Å². The van der Waals surface area contributed by atoms with Crippen LogP contribution >= 0.6 is 11.3 Å². The minimum atomic E-state index is 0.642. The fourth-order valence-electron chi connectivity index (χ4n) is 7.28. The number of thiophene rings is 1. The average Bonchev–Trinajstić information content (AvgIpc) is 3.71. The zero-order chi connectivity index (χ0) is 40.0. The summed E-state index contributed by atoms with van der Waals surface area (Å²) in [5.41, 5.74) is 12.4. The Hall–Kier alpha value is -7.53. The second-order valence-electron chi connectivity index (χ2n) is 14.1. The Labute approximate surface area is 349 Å². The van der Waals surface area contributed by atoms with Crippen LogP contribution in [0.5, 0.6) is 0 Å². The van der Waals surface area contributed by atoms with Gasteiger partial charge in [-0.05, 0) is 50.6 Å². The largest absolute Gasteiger partial charge is 0.208 e. The Balaban J connectivity index is 0.00000108. The molecule has 0 aliphatic carbocycles. The van der Waals surface area contributed by atoms with E-state index in [1.54, 1.807) is 12.2 Å². The van der Waals surface area contributed by atoms with E-state index in [0.717, 1.165) is 27.8 Å². The topological polar surface area (TPSA) is 38.7 Å². The molecule has 59 heavy (non-hydrogen) atoms. The van der Waals surface area contributed by atoms with Gasteiger partial charge in [0.05, 0.1) is 0 Å². The van der Waals surface area contributed by atoms with Crippen molar-refractivity contribution >= 4 is 31.5 Å². The van der Waals surface area contributed by atoms with Crippen LogP contribution in [0.2, 0.25) is 0 Å². The molecule has 0 aliphatic rings. The van der Waals surface area contributed by atoms with Gasteiger partial charge in [-0.15, -0.1) is 11.3 Å². The fourth-order valence-corrected chi connectivity index (χ4v) is 8.51. The maximum Gasteiger partial charge on any atom is 0.164 e. The molecule has 0 saturated carbocycles. The second kappa shape index (κ2) is 16.9. The van der Waals surface area contributed by atoms with Gasteiger partial charge in [-0.3, -0.25) is 0 Å². The molecule has 0 radical (unpaired) electrons. The van der Waals surface area contributed by atoms with Crippen LogP contribution in [0, 0.1) is 0 Å². The number of rotatable bonds is 8. The Morgan fingerprint density at radius 1 is 0.305 bits per heavy atom. The lowest BCUT2D eigenvalue weighted by Gasteiger charge is -2.10. The minimum Gasteiger partial charge on any atom is -0.208 e. The second-order valence-corrected chi connectivity index (χ2v) is 15.2. The van der Waals surface area contributed by atoms with E-state index in [-0.39, 0.29) is 0 Å². The maximum absolute atomic E-state index is 5.03. The van der Waals surface area contributed by atoms with Crippen molar-refractivity contribution in [2.75, 3.05) is 0 Å². The van der Waals surface area contributed by atoms with E-state index in [4.69, 9.17) is 15.0 Å². The van der Waals surface area contributed by atoms with Gasteiger partial charge in [0.15, 0.2) is 17.5 Å². The molecule has 0 fully saturated rings. The van der Waals surface area contributed by atoms with Gasteiger partial charge in [0.1, 0.15) is 0 Å². The van der Waals surface area contributed by atoms with Crippen molar-refractivity contribution in [3.63, 3.8) is 0 Å². The van der Waals surface area contributed by atoms with Crippen LogP contribution in [0.4, 0.5) is 0 Å². The summed E-state index contributed by atoms with van der Waals surface area (Å²) in [6.45, 7) is 6.72. The first kappa shape index (κ1) is 37.1. The molecule has 10 rings (SSSR count). The predicted molar refractivity (Wildman–Crippen MR) is 251 cm³/mol. The highest BCUT2D eigenvalue weighted by atomic mass is 32.1. The van der Waals surface area contributed by atoms with Gasteiger partial charge in [-0.1, -0.05) is 219 Å². The molecular formula is C55H39N3S. The molecule has 10 aromatic rings. The van der Waals surface area contributed by atoms with Gasteiger partial charge in [0.25, 0.3) is 0 Å². The summed E-state index contributed by atoms with van der Waals surface area (Å²) in [6, 6.07) is 70.5. The van der Waals surface area contributed by atoms with Crippen molar-refractivity contribution in [1.82, 2.24) is 15.0 Å². The number of nitrogens with zero attached hydrogens (tertiary/aromatic N) is 3. The van der Waals surface area contributed by atoms with Gasteiger partial charge in [-0.25, -0.2) is 15.0 Å². The molecule has 2 heterocycles. The molecule has 0 aliphatic heterocycles. The first-order chi connectivity index (χ1) is 29.1. The van der Waals surface area contributed by atoms with E-state index in [1.165, 1.54) is 53.6 Å². The van der Waals surface area contributed by atoms with Crippen molar-refractivity contribution < 1.29 is 0 Å². The van der Waals surface area contributed by atoms with Crippen LogP contribution in [-0.4, -0.2) is 15.0 Å². The highest BCUT2D eigenvalue weighted by Crippen LogP contribution is 2.40. The summed E-state index contributed by atoms with van der Waals surface area (Å²) in [6.07, 6.45) is 3.28. The zero-order valence-corrected chi connectivity index (χ0v) is 33.2. The van der Waals surface area contributed by atoms with Crippen LogP contribution in [0.15, 0.2) is 226 Å². The van der Waals surface area contributed by atoms with Crippen LogP contribution in [0.25, 0.3) is 98.8 Å². The highest BCUT2D eigenvalue weighted by molar-refractivity contribution is 7.26. The van der Waals surface area contributed by atoms with Crippen molar-refractivity contribution in [3.05, 3.63) is 226 Å². The van der Waals surface area contributed by atoms with Crippen LogP contribution in [-0.2, 0) is 0 Å². The molecule has 2 aromatic heterocycles. The van der Waals surface area contributed by atoms with Crippen molar-refractivity contribution in [2.45, 2.75) is 0 Å². The third-order valence-electron chi connectivity index (χ3n) is 10.4. The van der Waals surface area contributed by atoms with Gasteiger partial charge in [-0.2, -0.15) is 0 Å². The number of allylic oxidation sites excluding steroid dienone is 2. The monoisotopic (exact) mass is 773 g/mol. The summed E-state index contributed by atoms with van der Waals surface area (Å²) >= 11 is 1.85. The highest BCUT2D eigenvalue weighted by Gasteiger charge is 2.15. The molecule has 8 aromatic carbocycles. The van der Waals surface area contributed by atoms with E-state index in [2.05, 4.69) is 177 Å². The molecule has 0 bridgehead atoms. The smallest absolute Gasteiger partial charge is 0.164 e. The molecule has 4 heteroatoms. The number of hydrogen-bond donors (Lipinski definition) is 0. The quantitative estimate of drug-likeness (QED) is 0.144. The maximum atomic E-state index is 5.03. The third-order valence-corrected chi connectivity index (χ3v) is 11.6. The van der Waals surface area contributed by atoms with E-state index in [1.807, 2.05) is 47.7 Å². The number of aromatic nitrogens is 3. The molecule has 0 unspecified atom stereocenters. The number of benzene rings is 8. The van der Waals surface area contributed by atoms with Crippen LogP contribution < -0.4 is 0 Å². The molecule has 280 valence electrons. The average molecular weight is 774 g/mol. The predicted octanol–water partition coefficient (Wildman–Crippen LogP) is 15.3. The summed E-state index contributed by atoms with van der Waals surface area (Å²) in [5.74, 6) is 1.94. The fraction of sp³-hybridized carbons (Fsp3) is 0. The van der Waals surface area contributed by atoms with Gasteiger partial charge < -0.3 is 0 Å². The number of hydrogen-bond acceptors (Lipinski definition) is 4. The zero-order valence-electron chi connectivity index (χ0n) is 32.4. The third kappa shape index (κ3) is 7.91. The summed E-state index contributed by atoms with van der Waals surface area (Å²) in [4.78, 5) is 15.0. The van der Waals surface area contributed by atoms with Gasteiger partial charge in [0.2, 0.25) is 0 Å². The summed E-state index contributed by atoms with van der Waals surface area (Å²) < 4.78 is 2.61. The molecule has 0 atom stereocenters. The molecule has 0 spiro atoms. The van der Waals surface area contributed by atoms with Gasteiger partial charge in [0, 0.05) is 36.9 Å². The summed E-state index contributed by atoms with van der Waals surface area (Å²) in [7, 11) is 0. The summed E-state index contributed by atoms with van der Waals surface area (Å²) in [5, 5.41) is 2.60. The van der Waals surface area contributed by atoms with E-state index in [0.29, 0.717) is 17.5 Å². The molecule has 0 saturated heterocycles. The van der Waals surface area contributed by atoms with Crippen LogP contribution in [0.3, 0.4) is 0 Å². The molecule has 0 amide bonds. The molecule has 3 nitrogen and oxygen atoms in total. The number of fused-ring (bicyclic) bond motifs is 3. The Kier molecular flexibility index (Phi) is 10.6. The van der Waals surface area contributed by atoms with Crippen molar-refractivity contribution in [3.8, 4) is 78.7 Å². The lowest BCUT2D eigenvalue weighted by atomic mass is 9.98. The first-order valence-electron chi connectivity index (χ1n) is 19.6. The standard InChI is InChI=1S/C51H33N3S.C4H6/c1-3-10-34(11-4-1)35-18-20-36(21-19-35)37-22-24-38(25-23-37)39-26-30-42(31-27-39)50-52-49(41-12-5-2-6-13-41)53-51(54-50)43-32-28-40(29-33-43)44-15-9-16-46-45-14-7-8-17-47(45)55-48(44)46;1-3-4-2/h1-33H;3-4H,1-2H2. The SMILES string of the molecule is C=CC=C.c1ccc(-c2ccc(-c3ccc(-c4ccc(-c5nc(-c6ccccc6)nc(-c6ccc(-c7cccc8c7sc7ccccc78)cc6)n5)cc4)cc3)cc2)cc1. The van der Waals surface area contributed by atoms with E-state index < -0.39 is 0 Å². The Morgan fingerprint density at radius 2 is 0.644 bits per heavy atom. The van der Waals surface area contributed by atoms with Gasteiger partial charge >= 0.3 is 0 Å². The Morgan fingerprint density at radius 3 is 1.10 bits per heavy atom.